The van der Waals surface area contributed by atoms with E-state index in [9.17, 15) is 10.0 Å². The van der Waals surface area contributed by atoms with Gasteiger partial charge < -0.3 is 10.0 Å². The minimum absolute atomic E-state index is 0.483. The summed E-state index contributed by atoms with van der Waals surface area (Å²) in [4.78, 5) is 0. The summed E-state index contributed by atoms with van der Waals surface area (Å²) in [5.74, 6) is 0. The monoisotopic (exact) mass is 350 g/mol. The molecule has 2 N–H and O–H groups in total. The van der Waals surface area contributed by atoms with Gasteiger partial charge in [-0.05, 0) is 38.8 Å². The predicted octanol–water partition coefficient (Wildman–Crippen LogP) is 4.37. The molecule has 4 aromatic rings. The maximum absolute atomic E-state index is 9.57. The van der Waals surface area contributed by atoms with Crippen molar-refractivity contribution in [2.45, 2.75) is 0 Å². The molecule has 0 aliphatic heterocycles. The van der Waals surface area contributed by atoms with E-state index >= 15 is 0 Å². The average molecular weight is 350 g/mol. The van der Waals surface area contributed by atoms with Gasteiger partial charge in [0.2, 0.25) is 0 Å². The molecule has 0 spiro atoms. The molecule has 0 aliphatic rings. The molecule has 130 valence electrons. The summed E-state index contributed by atoms with van der Waals surface area (Å²) in [5.41, 5.74) is 7.06. The minimum Gasteiger partial charge on any atom is -0.423 e. The van der Waals surface area contributed by atoms with Gasteiger partial charge >= 0.3 is 7.12 Å². The Kier molecular flexibility index (Phi) is 4.88. The molecule has 27 heavy (non-hydrogen) atoms. The first-order valence-corrected chi connectivity index (χ1v) is 8.94. The number of hydrogen-bond acceptors (Lipinski definition) is 2. The number of rotatable bonds is 4. The molecule has 0 atom stereocenters. The van der Waals surface area contributed by atoms with Crippen molar-refractivity contribution >= 4 is 12.6 Å². The van der Waals surface area contributed by atoms with Crippen molar-refractivity contribution in [3.05, 3.63) is 103 Å². The fraction of sp³-hybridized carbons (Fsp3) is 0. The zero-order valence-corrected chi connectivity index (χ0v) is 14.8. The fourth-order valence-electron chi connectivity index (χ4n) is 3.43. The van der Waals surface area contributed by atoms with E-state index < -0.39 is 7.12 Å². The molecule has 0 aliphatic carbocycles. The van der Waals surface area contributed by atoms with Crippen molar-refractivity contribution < 1.29 is 10.0 Å². The zero-order valence-electron chi connectivity index (χ0n) is 14.8. The topological polar surface area (TPSA) is 40.5 Å². The zero-order chi connectivity index (χ0) is 18.6. The van der Waals surface area contributed by atoms with Crippen LogP contribution in [0.1, 0.15) is 0 Å². The quantitative estimate of drug-likeness (QED) is 0.537. The normalized spacial score (nSPS) is 10.6. The summed E-state index contributed by atoms with van der Waals surface area (Å²) in [7, 11) is -1.48. The molecule has 0 saturated carbocycles. The third-order valence-corrected chi connectivity index (χ3v) is 4.71. The van der Waals surface area contributed by atoms with E-state index in [-0.39, 0.29) is 0 Å². The van der Waals surface area contributed by atoms with E-state index in [4.69, 9.17) is 0 Å². The van der Waals surface area contributed by atoms with Crippen LogP contribution in [-0.4, -0.2) is 17.2 Å². The second kappa shape index (κ2) is 7.62. The first-order chi connectivity index (χ1) is 13.2. The smallest absolute Gasteiger partial charge is 0.423 e. The molecule has 0 aromatic heterocycles. The molecule has 0 saturated heterocycles. The highest BCUT2D eigenvalue weighted by Crippen LogP contribution is 2.39. The van der Waals surface area contributed by atoms with Crippen molar-refractivity contribution in [1.29, 1.82) is 0 Å². The summed E-state index contributed by atoms with van der Waals surface area (Å²) in [5, 5.41) is 19.1. The van der Waals surface area contributed by atoms with Gasteiger partial charge in [0.1, 0.15) is 0 Å². The second-order valence-corrected chi connectivity index (χ2v) is 6.46. The van der Waals surface area contributed by atoms with Crippen LogP contribution < -0.4 is 5.46 Å². The fourth-order valence-corrected chi connectivity index (χ4v) is 3.43. The summed E-state index contributed by atoms with van der Waals surface area (Å²) in [6, 6.07) is 34.3. The Balaban J connectivity index is 1.99. The van der Waals surface area contributed by atoms with Gasteiger partial charge in [-0.3, -0.25) is 0 Å². The van der Waals surface area contributed by atoms with Crippen molar-refractivity contribution in [1.82, 2.24) is 0 Å². The number of hydrogen-bond donors (Lipinski definition) is 2. The van der Waals surface area contributed by atoms with Crippen LogP contribution in [0.5, 0.6) is 0 Å². The molecule has 0 radical (unpaired) electrons. The first-order valence-electron chi connectivity index (χ1n) is 8.94. The van der Waals surface area contributed by atoms with E-state index in [0.717, 1.165) is 33.4 Å². The van der Waals surface area contributed by atoms with Crippen LogP contribution in [0.4, 0.5) is 0 Å². The Labute approximate surface area is 159 Å². The Hall–Kier alpha value is -3.14. The van der Waals surface area contributed by atoms with Crippen molar-refractivity contribution in [2.75, 3.05) is 0 Å². The van der Waals surface area contributed by atoms with Crippen LogP contribution in [0.25, 0.3) is 33.4 Å². The lowest BCUT2D eigenvalue weighted by Crippen LogP contribution is -2.29. The minimum atomic E-state index is -1.48. The van der Waals surface area contributed by atoms with Crippen LogP contribution in [0, 0.1) is 0 Å². The molecular weight excluding hydrogens is 331 g/mol. The molecule has 0 bridgehead atoms. The number of benzene rings is 4. The van der Waals surface area contributed by atoms with Crippen molar-refractivity contribution in [3.8, 4) is 33.4 Å². The standard InChI is InChI=1S/C24H19BO2/c26-25(27)21-14-7-13-20(17-21)23-16-8-15-22(18-9-3-1-4-10-18)24(23)19-11-5-2-6-12-19/h1-17,26-27H. The van der Waals surface area contributed by atoms with Gasteiger partial charge in [0.25, 0.3) is 0 Å². The van der Waals surface area contributed by atoms with Crippen molar-refractivity contribution in [3.63, 3.8) is 0 Å². The third kappa shape index (κ3) is 3.56. The molecule has 4 aromatic carbocycles. The predicted molar refractivity (Wildman–Crippen MR) is 113 cm³/mol. The summed E-state index contributed by atoms with van der Waals surface area (Å²) in [6.45, 7) is 0. The molecule has 0 fully saturated rings. The lowest BCUT2D eigenvalue weighted by molar-refractivity contribution is 0.426. The molecule has 2 nitrogen and oxygen atoms in total. The van der Waals surface area contributed by atoms with Gasteiger partial charge in [-0.1, -0.05) is 103 Å². The van der Waals surface area contributed by atoms with Gasteiger partial charge in [0, 0.05) is 0 Å². The second-order valence-electron chi connectivity index (χ2n) is 6.46. The highest BCUT2D eigenvalue weighted by molar-refractivity contribution is 6.58. The van der Waals surface area contributed by atoms with Crippen LogP contribution in [0.2, 0.25) is 0 Å². The largest absolute Gasteiger partial charge is 0.488 e. The first kappa shape index (κ1) is 17.3. The highest BCUT2D eigenvalue weighted by atomic mass is 16.4. The van der Waals surface area contributed by atoms with E-state index in [1.54, 1.807) is 6.07 Å². The highest BCUT2D eigenvalue weighted by Gasteiger charge is 2.16. The molecule has 0 unspecified atom stereocenters. The molecule has 3 heteroatoms. The summed E-state index contributed by atoms with van der Waals surface area (Å²) in [6.07, 6.45) is 0. The maximum atomic E-state index is 9.57. The van der Waals surface area contributed by atoms with Crippen LogP contribution >= 0.6 is 0 Å². The van der Waals surface area contributed by atoms with E-state index in [1.807, 2.05) is 60.7 Å². The molecule has 0 heterocycles. The van der Waals surface area contributed by atoms with Gasteiger partial charge in [0.15, 0.2) is 0 Å². The van der Waals surface area contributed by atoms with Crippen LogP contribution in [0.15, 0.2) is 103 Å². The lowest BCUT2D eigenvalue weighted by Gasteiger charge is -2.17. The van der Waals surface area contributed by atoms with Gasteiger partial charge in [-0.25, -0.2) is 0 Å². The van der Waals surface area contributed by atoms with Crippen molar-refractivity contribution in [2.24, 2.45) is 0 Å². The van der Waals surface area contributed by atoms with E-state index in [0.29, 0.717) is 5.46 Å². The lowest BCUT2D eigenvalue weighted by atomic mass is 9.78. The maximum Gasteiger partial charge on any atom is 0.488 e. The molecular formula is C24H19BO2. The van der Waals surface area contributed by atoms with Gasteiger partial charge in [-0.15, -0.1) is 0 Å². The van der Waals surface area contributed by atoms with Gasteiger partial charge in [0.05, 0.1) is 0 Å². The van der Waals surface area contributed by atoms with Gasteiger partial charge in [-0.2, -0.15) is 0 Å². The van der Waals surface area contributed by atoms with E-state index in [2.05, 4.69) is 36.4 Å². The summed E-state index contributed by atoms with van der Waals surface area (Å²) < 4.78 is 0. The van der Waals surface area contributed by atoms with Crippen LogP contribution in [-0.2, 0) is 0 Å². The molecule has 4 rings (SSSR count). The average Bonchev–Trinajstić information content (AvgIpc) is 2.74. The molecule has 0 amide bonds. The Bertz CT molecular complexity index is 1040. The third-order valence-electron chi connectivity index (χ3n) is 4.71. The van der Waals surface area contributed by atoms with E-state index in [1.165, 1.54) is 0 Å². The Morgan fingerprint density at radius 1 is 0.481 bits per heavy atom. The summed E-state index contributed by atoms with van der Waals surface area (Å²) >= 11 is 0. The SMILES string of the molecule is OB(O)c1cccc(-c2cccc(-c3ccccc3)c2-c2ccccc2)c1. The Morgan fingerprint density at radius 2 is 1.00 bits per heavy atom. The van der Waals surface area contributed by atoms with Crippen LogP contribution in [0.3, 0.4) is 0 Å². The Morgan fingerprint density at radius 3 is 1.63 bits per heavy atom.